The summed E-state index contributed by atoms with van der Waals surface area (Å²) >= 11 is 0. The molecular formula is C17H14FN3O2. The van der Waals surface area contributed by atoms with Gasteiger partial charge in [-0.05, 0) is 29.8 Å². The van der Waals surface area contributed by atoms with Gasteiger partial charge in [-0.2, -0.15) is 4.98 Å². The van der Waals surface area contributed by atoms with Gasteiger partial charge in [0.2, 0.25) is 11.7 Å². The average Bonchev–Trinajstić information content (AvgIpc) is 3.01. The van der Waals surface area contributed by atoms with Gasteiger partial charge in [-0.25, -0.2) is 4.39 Å². The van der Waals surface area contributed by atoms with E-state index < -0.39 is 0 Å². The number of aryl methyl sites for hydroxylation is 1. The minimum absolute atomic E-state index is 0.204. The fourth-order valence-electron chi connectivity index (χ4n) is 2.07. The smallest absolute Gasteiger partial charge is 0.251 e. The van der Waals surface area contributed by atoms with Gasteiger partial charge in [0.1, 0.15) is 5.82 Å². The number of rotatable bonds is 4. The van der Waals surface area contributed by atoms with Crippen LogP contribution < -0.4 is 5.32 Å². The zero-order valence-electron chi connectivity index (χ0n) is 12.4. The second kappa shape index (κ2) is 6.39. The van der Waals surface area contributed by atoms with Crippen molar-refractivity contribution in [2.75, 3.05) is 0 Å². The molecule has 5 nitrogen and oxygen atoms in total. The summed E-state index contributed by atoms with van der Waals surface area (Å²) in [5.74, 6) is 0.472. The van der Waals surface area contributed by atoms with Crippen LogP contribution in [-0.4, -0.2) is 16.0 Å². The summed E-state index contributed by atoms with van der Waals surface area (Å²) in [4.78, 5) is 16.2. The van der Waals surface area contributed by atoms with Crippen LogP contribution in [-0.2, 0) is 6.54 Å². The molecule has 0 atom stereocenters. The molecule has 6 heteroatoms. The van der Waals surface area contributed by atoms with Gasteiger partial charge in [-0.1, -0.05) is 29.4 Å². The highest BCUT2D eigenvalue weighted by Gasteiger charge is 2.09. The highest BCUT2D eigenvalue weighted by Crippen LogP contribution is 2.16. The summed E-state index contributed by atoms with van der Waals surface area (Å²) in [5.41, 5.74) is 2.13. The summed E-state index contributed by atoms with van der Waals surface area (Å²) in [6.07, 6.45) is 0. The van der Waals surface area contributed by atoms with Crippen LogP contribution in [0.25, 0.3) is 11.4 Å². The van der Waals surface area contributed by atoms with Crippen molar-refractivity contribution in [3.05, 3.63) is 71.4 Å². The van der Waals surface area contributed by atoms with Gasteiger partial charge in [0, 0.05) is 24.6 Å². The van der Waals surface area contributed by atoms with E-state index in [1.165, 1.54) is 12.1 Å². The van der Waals surface area contributed by atoms with Crippen molar-refractivity contribution in [3.63, 3.8) is 0 Å². The first-order valence-corrected chi connectivity index (χ1v) is 7.05. The maximum Gasteiger partial charge on any atom is 0.251 e. The molecular weight excluding hydrogens is 297 g/mol. The molecule has 2 aromatic carbocycles. The number of aromatic nitrogens is 2. The number of halogens is 1. The van der Waals surface area contributed by atoms with Gasteiger partial charge in [0.15, 0.2) is 0 Å². The molecule has 0 unspecified atom stereocenters. The number of amides is 1. The number of carbonyl (C=O) groups excluding carboxylic acids is 1. The summed E-state index contributed by atoms with van der Waals surface area (Å²) in [5, 5.41) is 6.61. The third-order valence-electron chi connectivity index (χ3n) is 3.30. The van der Waals surface area contributed by atoms with E-state index in [1.54, 1.807) is 43.3 Å². The van der Waals surface area contributed by atoms with Crippen molar-refractivity contribution in [3.8, 4) is 11.4 Å². The van der Waals surface area contributed by atoms with E-state index >= 15 is 0 Å². The quantitative estimate of drug-likeness (QED) is 0.804. The van der Waals surface area contributed by atoms with Crippen molar-refractivity contribution < 1.29 is 13.7 Å². The SMILES string of the molecule is Cc1nc(-c2ccc(C(=O)NCc3ccc(F)cc3)cc2)no1. The lowest BCUT2D eigenvalue weighted by Gasteiger charge is -2.06. The Bertz CT molecular complexity index is 811. The Balaban J connectivity index is 1.64. The lowest BCUT2D eigenvalue weighted by molar-refractivity contribution is 0.0951. The maximum atomic E-state index is 12.8. The third-order valence-corrected chi connectivity index (χ3v) is 3.30. The zero-order valence-corrected chi connectivity index (χ0v) is 12.4. The zero-order chi connectivity index (χ0) is 16.2. The van der Waals surface area contributed by atoms with Crippen molar-refractivity contribution in [1.29, 1.82) is 0 Å². The van der Waals surface area contributed by atoms with Gasteiger partial charge in [-0.3, -0.25) is 4.79 Å². The second-order valence-corrected chi connectivity index (χ2v) is 5.02. The Morgan fingerprint density at radius 3 is 2.43 bits per heavy atom. The number of benzene rings is 2. The molecule has 1 amide bonds. The molecule has 0 radical (unpaired) electrons. The van der Waals surface area contributed by atoms with E-state index in [1.807, 2.05) is 0 Å². The number of hydrogen-bond donors (Lipinski definition) is 1. The van der Waals surface area contributed by atoms with E-state index in [0.717, 1.165) is 11.1 Å². The van der Waals surface area contributed by atoms with Crippen LogP contribution in [0, 0.1) is 12.7 Å². The molecule has 1 heterocycles. The van der Waals surface area contributed by atoms with Gasteiger partial charge in [0.25, 0.3) is 5.91 Å². The van der Waals surface area contributed by atoms with Gasteiger partial charge >= 0.3 is 0 Å². The van der Waals surface area contributed by atoms with Gasteiger partial charge in [0.05, 0.1) is 0 Å². The number of carbonyl (C=O) groups is 1. The second-order valence-electron chi connectivity index (χ2n) is 5.02. The predicted molar refractivity (Wildman–Crippen MR) is 82.0 cm³/mol. The minimum Gasteiger partial charge on any atom is -0.348 e. The summed E-state index contributed by atoms with van der Waals surface area (Å²) in [6, 6.07) is 12.9. The molecule has 1 N–H and O–H groups in total. The molecule has 23 heavy (non-hydrogen) atoms. The monoisotopic (exact) mass is 311 g/mol. The molecule has 3 rings (SSSR count). The van der Waals surface area contributed by atoms with Crippen molar-refractivity contribution in [2.45, 2.75) is 13.5 Å². The molecule has 0 spiro atoms. The minimum atomic E-state index is -0.299. The van der Waals surface area contributed by atoms with Crippen molar-refractivity contribution in [2.24, 2.45) is 0 Å². The normalized spacial score (nSPS) is 10.5. The molecule has 0 bridgehead atoms. The molecule has 3 aromatic rings. The molecule has 0 aliphatic carbocycles. The van der Waals surface area contributed by atoms with Crippen LogP contribution in [0.2, 0.25) is 0 Å². The highest BCUT2D eigenvalue weighted by atomic mass is 19.1. The Labute approximate surface area is 132 Å². The Morgan fingerprint density at radius 2 is 1.83 bits per heavy atom. The topological polar surface area (TPSA) is 68.0 Å². The van der Waals surface area contributed by atoms with Crippen molar-refractivity contribution in [1.82, 2.24) is 15.5 Å². The predicted octanol–water partition coefficient (Wildman–Crippen LogP) is 3.11. The fraction of sp³-hybridized carbons (Fsp3) is 0.118. The molecule has 116 valence electrons. The Morgan fingerprint density at radius 1 is 1.13 bits per heavy atom. The van der Waals surface area contributed by atoms with Crippen LogP contribution in [0.15, 0.2) is 53.1 Å². The standard InChI is InChI=1S/C17H14FN3O2/c1-11-20-16(21-23-11)13-4-6-14(7-5-13)17(22)19-10-12-2-8-15(18)9-3-12/h2-9H,10H2,1H3,(H,19,22). The first kappa shape index (κ1) is 14.9. The Hall–Kier alpha value is -3.02. The summed E-state index contributed by atoms with van der Waals surface area (Å²) < 4.78 is 17.8. The van der Waals surface area contributed by atoms with Crippen LogP contribution in [0.4, 0.5) is 4.39 Å². The maximum absolute atomic E-state index is 12.8. The number of nitrogens with one attached hydrogen (secondary N) is 1. The number of hydrogen-bond acceptors (Lipinski definition) is 4. The third kappa shape index (κ3) is 3.60. The average molecular weight is 311 g/mol. The molecule has 0 saturated carbocycles. The van der Waals surface area contributed by atoms with E-state index in [-0.39, 0.29) is 11.7 Å². The molecule has 0 fully saturated rings. The van der Waals surface area contributed by atoms with Crippen LogP contribution in [0.3, 0.4) is 0 Å². The van der Waals surface area contributed by atoms with E-state index in [2.05, 4.69) is 15.5 Å². The van der Waals surface area contributed by atoms with Gasteiger partial charge in [-0.15, -0.1) is 0 Å². The van der Waals surface area contributed by atoms with E-state index in [4.69, 9.17) is 4.52 Å². The number of nitrogens with zero attached hydrogens (tertiary/aromatic N) is 2. The van der Waals surface area contributed by atoms with E-state index in [0.29, 0.717) is 23.8 Å². The van der Waals surface area contributed by atoms with E-state index in [9.17, 15) is 9.18 Å². The van der Waals surface area contributed by atoms with Gasteiger partial charge < -0.3 is 9.84 Å². The molecule has 1 aromatic heterocycles. The summed E-state index contributed by atoms with van der Waals surface area (Å²) in [7, 11) is 0. The highest BCUT2D eigenvalue weighted by molar-refractivity contribution is 5.94. The Kier molecular flexibility index (Phi) is 4.14. The van der Waals surface area contributed by atoms with Crippen LogP contribution in [0.5, 0.6) is 0 Å². The largest absolute Gasteiger partial charge is 0.348 e. The van der Waals surface area contributed by atoms with Crippen molar-refractivity contribution >= 4 is 5.91 Å². The lowest BCUT2D eigenvalue weighted by atomic mass is 10.1. The lowest BCUT2D eigenvalue weighted by Crippen LogP contribution is -2.22. The first-order chi connectivity index (χ1) is 11.1. The summed E-state index contributed by atoms with van der Waals surface area (Å²) in [6.45, 7) is 2.05. The van der Waals surface area contributed by atoms with Crippen LogP contribution in [0.1, 0.15) is 21.8 Å². The molecule has 0 aliphatic heterocycles. The fourth-order valence-corrected chi connectivity index (χ4v) is 2.07. The molecule has 0 saturated heterocycles. The first-order valence-electron chi connectivity index (χ1n) is 7.05. The molecule has 0 aliphatic rings. The van der Waals surface area contributed by atoms with Crippen LogP contribution >= 0.6 is 0 Å².